The minimum Gasteiger partial charge on any atom is -0.429 e. The molecule has 0 aromatic carbocycles. The van der Waals surface area contributed by atoms with Crippen LogP contribution in [0.15, 0.2) is 11.6 Å². The van der Waals surface area contributed by atoms with Gasteiger partial charge in [0.1, 0.15) is 18.3 Å². The SMILES string of the molecule is C[C@@H]1O[C@@H](OC(=O)C2=CCCCC2)[C@H](O)[C@H](O)[C@H]1O. The van der Waals surface area contributed by atoms with Crippen molar-refractivity contribution in [3.8, 4) is 0 Å². The second-order valence-corrected chi connectivity index (χ2v) is 5.06. The maximum atomic E-state index is 11.9. The summed E-state index contributed by atoms with van der Waals surface area (Å²) in [6.07, 6.45) is -0.664. The second kappa shape index (κ2) is 6.00. The Hall–Kier alpha value is -0.950. The number of aliphatic hydroxyl groups is 3. The van der Waals surface area contributed by atoms with E-state index in [1.54, 1.807) is 6.92 Å². The van der Waals surface area contributed by atoms with Crippen LogP contribution in [-0.4, -0.2) is 52.0 Å². The number of carbonyl (C=O) groups is 1. The fourth-order valence-electron chi connectivity index (χ4n) is 2.32. The van der Waals surface area contributed by atoms with Gasteiger partial charge >= 0.3 is 5.97 Å². The molecule has 6 nitrogen and oxygen atoms in total. The molecule has 6 heteroatoms. The quantitative estimate of drug-likeness (QED) is 0.605. The summed E-state index contributed by atoms with van der Waals surface area (Å²) in [7, 11) is 0. The van der Waals surface area contributed by atoms with E-state index in [9.17, 15) is 20.1 Å². The molecule has 19 heavy (non-hydrogen) atoms. The molecule has 0 bridgehead atoms. The summed E-state index contributed by atoms with van der Waals surface area (Å²) in [5.74, 6) is -0.528. The Morgan fingerprint density at radius 2 is 2.00 bits per heavy atom. The van der Waals surface area contributed by atoms with Crippen molar-refractivity contribution in [1.82, 2.24) is 0 Å². The third-order valence-corrected chi connectivity index (χ3v) is 3.58. The molecule has 1 saturated heterocycles. The smallest absolute Gasteiger partial charge is 0.336 e. The van der Waals surface area contributed by atoms with Crippen molar-refractivity contribution in [2.45, 2.75) is 63.3 Å². The van der Waals surface area contributed by atoms with E-state index in [0.717, 1.165) is 19.3 Å². The van der Waals surface area contributed by atoms with Gasteiger partial charge in [-0.1, -0.05) is 6.08 Å². The minimum absolute atomic E-state index is 0.528. The molecule has 108 valence electrons. The van der Waals surface area contributed by atoms with E-state index in [1.165, 1.54) is 0 Å². The summed E-state index contributed by atoms with van der Waals surface area (Å²) >= 11 is 0. The summed E-state index contributed by atoms with van der Waals surface area (Å²) < 4.78 is 10.3. The van der Waals surface area contributed by atoms with Gasteiger partial charge in [0.15, 0.2) is 0 Å². The zero-order valence-electron chi connectivity index (χ0n) is 10.9. The van der Waals surface area contributed by atoms with Crippen LogP contribution < -0.4 is 0 Å². The maximum absolute atomic E-state index is 11.9. The Morgan fingerprint density at radius 1 is 1.26 bits per heavy atom. The van der Waals surface area contributed by atoms with Crippen LogP contribution in [0.4, 0.5) is 0 Å². The number of esters is 1. The first-order chi connectivity index (χ1) is 9.00. The summed E-state index contributed by atoms with van der Waals surface area (Å²) in [6.45, 7) is 1.54. The molecule has 3 N–H and O–H groups in total. The van der Waals surface area contributed by atoms with Crippen molar-refractivity contribution in [1.29, 1.82) is 0 Å². The van der Waals surface area contributed by atoms with Crippen molar-refractivity contribution in [2.24, 2.45) is 0 Å². The van der Waals surface area contributed by atoms with Crippen molar-refractivity contribution >= 4 is 5.97 Å². The van der Waals surface area contributed by atoms with Crippen LogP contribution in [0.5, 0.6) is 0 Å². The molecule has 0 unspecified atom stereocenters. The van der Waals surface area contributed by atoms with Gasteiger partial charge in [0, 0.05) is 5.57 Å². The van der Waals surface area contributed by atoms with Gasteiger partial charge in [0.05, 0.1) is 6.10 Å². The third kappa shape index (κ3) is 3.14. The van der Waals surface area contributed by atoms with Gasteiger partial charge in [-0.2, -0.15) is 0 Å². The average Bonchev–Trinajstić information content (AvgIpc) is 2.43. The van der Waals surface area contributed by atoms with Gasteiger partial charge in [-0.25, -0.2) is 4.79 Å². The standard InChI is InChI=1S/C13H20O6/c1-7-9(14)10(15)11(16)13(18-7)19-12(17)8-5-3-2-4-6-8/h5,7,9-11,13-16H,2-4,6H2,1H3/t7-,9-,10+,11+,13-/m0/s1. The Labute approximate surface area is 111 Å². The maximum Gasteiger partial charge on any atom is 0.336 e. The van der Waals surface area contributed by atoms with Crippen molar-refractivity contribution in [3.63, 3.8) is 0 Å². The molecular weight excluding hydrogens is 252 g/mol. The van der Waals surface area contributed by atoms with Gasteiger partial charge in [-0.15, -0.1) is 0 Å². The van der Waals surface area contributed by atoms with Crippen molar-refractivity contribution < 1.29 is 29.6 Å². The first-order valence-electron chi connectivity index (χ1n) is 6.60. The highest BCUT2D eigenvalue weighted by atomic mass is 16.7. The lowest BCUT2D eigenvalue weighted by Crippen LogP contribution is -2.57. The molecule has 1 aliphatic carbocycles. The molecule has 1 fully saturated rings. The van der Waals surface area contributed by atoms with E-state index < -0.39 is 36.7 Å². The predicted octanol–water partition coefficient (Wildman–Crippen LogP) is -0.143. The van der Waals surface area contributed by atoms with E-state index in [0.29, 0.717) is 12.0 Å². The Balaban J connectivity index is 1.98. The first-order valence-corrected chi connectivity index (χ1v) is 6.60. The molecule has 0 spiro atoms. The van der Waals surface area contributed by atoms with Crippen molar-refractivity contribution in [2.75, 3.05) is 0 Å². The third-order valence-electron chi connectivity index (χ3n) is 3.58. The Kier molecular flexibility index (Phi) is 4.57. The molecule has 0 radical (unpaired) electrons. The van der Waals surface area contributed by atoms with E-state index in [2.05, 4.69) is 0 Å². The van der Waals surface area contributed by atoms with Crippen LogP contribution in [-0.2, 0) is 14.3 Å². The summed E-state index contributed by atoms with van der Waals surface area (Å²) in [5.41, 5.74) is 0.579. The number of carbonyl (C=O) groups excluding carboxylic acids is 1. The summed E-state index contributed by atoms with van der Waals surface area (Å²) in [4.78, 5) is 11.9. The predicted molar refractivity (Wildman–Crippen MR) is 65.0 cm³/mol. The van der Waals surface area contributed by atoms with Gasteiger partial charge in [0.2, 0.25) is 6.29 Å². The Bertz CT molecular complexity index is 366. The largest absolute Gasteiger partial charge is 0.429 e. The van der Waals surface area contributed by atoms with E-state index in [4.69, 9.17) is 9.47 Å². The lowest BCUT2D eigenvalue weighted by molar-refractivity contribution is -0.283. The van der Waals surface area contributed by atoms with Crippen LogP contribution in [0.25, 0.3) is 0 Å². The van der Waals surface area contributed by atoms with E-state index in [1.807, 2.05) is 6.08 Å². The van der Waals surface area contributed by atoms with Gasteiger partial charge in [0.25, 0.3) is 0 Å². The van der Waals surface area contributed by atoms with Crippen LogP contribution in [0.1, 0.15) is 32.6 Å². The lowest BCUT2D eigenvalue weighted by Gasteiger charge is -2.38. The molecule has 0 amide bonds. The van der Waals surface area contributed by atoms with E-state index in [-0.39, 0.29) is 0 Å². The topological polar surface area (TPSA) is 96.2 Å². The minimum atomic E-state index is -1.45. The lowest BCUT2D eigenvalue weighted by atomic mass is 9.99. The van der Waals surface area contributed by atoms with Gasteiger partial charge in [-0.3, -0.25) is 0 Å². The van der Waals surface area contributed by atoms with Crippen LogP contribution in [0.2, 0.25) is 0 Å². The normalized spacial score (nSPS) is 39.6. The summed E-state index contributed by atoms with van der Waals surface area (Å²) in [5, 5.41) is 28.9. The average molecular weight is 272 g/mol. The second-order valence-electron chi connectivity index (χ2n) is 5.06. The number of hydrogen-bond acceptors (Lipinski definition) is 6. The zero-order chi connectivity index (χ0) is 14.0. The Morgan fingerprint density at radius 3 is 2.63 bits per heavy atom. The molecule has 2 rings (SSSR count). The molecule has 0 aromatic rings. The summed E-state index contributed by atoms with van der Waals surface area (Å²) in [6, 6.07) is 0. The molecule has 0 saturated carbocycles. The van der Waals surface area contributed by atoms with Gasteiger partial charge < -0.3 is 24.8 Å². The number of rotatable bonds is 2. The number of allylic oxidation sites excluding steroid dienone is 1. The molecule has 2 aliphatic rings. The number of hydrogen-bond donors (Lipinski definition) is 3. The molecular formula is C13H20O6. The molecule has 5 atom stereocenters. The highest BCUT2D eigenvalue weighted by Crippen LogP contribution is 2.24. The number of ether oxygens (including phenoxy) is 2. The monoisotopic (exact) mass is 272 g/mol. The van der Waals surface area contributed by atoms with Gasteiger partial charge in [-0.05, 0) is 32.6 Å². The molecule has 1 heterocycles. The molecule has 1 aliphatic heterocycles. The highest BCUT2D eigenvalue weighted by molar-refractivity contribution is 5.88. The van der Waals surface area contributed by atoms with E-state index >= 15 is 0 Å². The van der Waals surface area contributed by atoms with Crippen LogP contribution in [0.3, 0.4) is 0 Å². The number of aliphatic hydroxyl groups excluding tert-OH is 3. The fraction of sp³-hybridized carbons (Fsp3) is 0.769. The fourth-order valence-corrected chi connectivity index (χ4v) is 2.32. The van der Waals surface area contributed by atoms with Crippen molar-refractivity contribution in [3.05, 3.63) is 11.6 Å². The van der Waals surface area contributed by atoms with Crippen LogP contribution in [0, 0.1) is 0 Å². The molecule has 0 aromatic heterocycles. The van der Waals surface area contributed by atoms with Crippen LogP contribution >= 0.6 is 0 Å². The highest BCUT2D eigenvalue weighted by Gasteiger charge is 2.43. The zero-order valence-corrected chi connectivity index (χ0v) is 10.9. The first kappa shape index (κ1) is 14.5.